The molecule has 0 saturated heterocycles. The second kappa shape index (κ2) is 10.5. The Morgan fingerprint density at radius 1 is 1.12 bits per heavy atom. The molecule has 0 bridgehead atoms. The molecular weight excluding hydrogens is 474 g/mol. The molecule has 2 heterocycles. The van der Waals surface area contributed by atoms with E-state index in [4.69, 9.17) is 9.47 Å². The van der Waals surface area contributed by atoms with E-state index in [1.807, 2.05) is 17.5 Å². The van der Waals surface area contributed by atoms with Crippen LogP contribution in [0.5, 0.6) is 5.75 Å². The number of ether oxygens (including phenoxy) is 2. The number of carbonyl (C=O) groups excluding carboxylic acids is 2. The summed E-state index contributed by atoms with van der Waals surface area (Å²) in [5, 5.41) is 4.98. The van der Waals surface area contributed by atoms with Gasteiger partial charge in [-0.2, -0.15) is 0 Å². The lowest BCUT2D eigenvalue weighted by atomic mass is 10.2. The van der Waals surface area contributed by atoms with Gasteiger partial charge in [0.15, 0.2) is 5.16 Å². The van der Waals surface area contributed by atoms with Crippen LogP contribution in [0.2, 0.25) is 0 Å². The van der Waals surface area contributed by atoms with E-state index in [2.05, 4.69) is 10.3 Å². The van der Waals surface area contributed by atoms with Gasteiger partial charge in [0.25, 0.3) is 5.56 Å². The molecule has 2 aromatic carbocycles. The monoisotopic (exact) mass is 495 g/mol. The summed E-state index contributed by atoms with van der Waals surface area (Å²) in [6, 6.07) is 15.4. The van der Waals surface area contributed by atoms with Crippen molar-refractivity contribution in [1.82, 2.24) is 9.55 Å². The molecule has 0 unspecified atom stereocenters. The average molecular weight is 496 g/mol. The lowest BCUT2D eigenvalue weighted by molar-refractivity contribution is -0.113. The van der Waals surface area contributed by atoms with Crippen molar-refractivity contribution in [2.75, 3.05) is 24.8 Å². The Morgan fingerprint density at radius 2 is 1.88 bits per heavy atom. The topological polar surface area (TPSA) is 99.5 Å². The minimum absolute atomic E-state index is 0.0247. The number of esters is 1. The maximum Gasteiger partial charge on any atom is 0.338 e. The first-order valence-corrected chi connectivity index (χ1v) is 12.2. The third kappa shape index (κ3) is 4.97. The quantitative estimate of drug-likeness (QED) is 0.220. The molecular formula is C24H21N3O5S2. The number of methoxy groups -OCH3 is 1. The number of nitrogens with zero attached hydrogens (tertiary/aromatic N) is 2. The third-order valence-electron chi connectivity index (χ3n) is 4.79. The molecule has 0 saturated carbocycles. The van der Waals surface area contributed by atoms with Gasteiger partial charge in [-0.05, 0) is 54.8 Å². The summed E-state index contributed by atoms with van der Waals surface area (Å²) >= 11 is 2.47. The average Bonchev–Trinajstić information content (AvgIpc) is 3.32. The van der Waals surface area contributed by atoms with Gasteiger partial charge in [0, 0.05) is 5.69 Å². The summed E-state index contributed by atoms with van der Waals surface area (Å²) in [5.41, 5.74) is 1.86. The molecule has 0 fully saturated rings. The highest BCUT2D eigenvalue weighted by atomic mass is 32.2. The van der Waals surface area contributed by atoms with Crippen molar-refractivity contribution in [3.8, 4) is 11.4 Å². The summed E-state index contributed by atoms with van der Waals surface area (Å²) in [5.74, 6) is -0.146. The Morgan fingerprint density at radius 3 is 2.62 bits per heavy atom. The number of thioether (sulfide) groups is 1. The van der Waals surface area contributed by atoms with Crippen LogP contribution in [-0.2, 0) is 9.53 Å². The molecule has 1 amide bonds. The zero-order valence-electron chi connectivity index (χ0n) is 18.4. The van der Waals surface area contributed by atoms with Crippen LogP contribution in [0.3, 0.4) is 0 Å². The maximum atomic E-state index is 13.3. The van der Waals surface area contributed by atoms with Crippen LogP contribution in [0.1, 0.15) is 17.3 Å². The van der Waals surface area contributed by atoms with Gasteiger partial charge < -0.3 is 14.8 Å². The molecule has 1 N–H and O–H groups in total. The molecule has 0 radical (unpaired) electrons. The van der Waals surface area contributed by atoms with Crippen LogP contribution in [0, 0.1) is 0 Å². The summed E-state index contributed by atoms with van der Waals surface area (Å²) in [4.78, 5) is 42.3. The van der Waals surface area contributed by atoms with Gasteiger partial charge in [-0.15, -0.1) is 11.3 Å². The van der Waals surface area contributed by atoms with Gasteiger partial charge in [0.05, 0.1) is 36.2 Å². The predicted molar refractivity (Wildman–Crippen MR) is 134 cm³/mol. The van der Waals surface area contributed by atoms with Gasteiger partial charge in [-0.25, -0.2) is 9.78 Å². The fourth-order valence-corrected chi connectivity index (χ4v) is 4.81. The molecule has 0 aliphatic heterocycles. The van der Waals surface area contributed by atoms with Crippen LogP contribution < -0.4 is 15.6 Å². The van der Waals surface area contributed by atoms with Gasteiger partial charge in [0.1, 0.15) is 10.4 Å². The van der Waals surface area contributed by atoms with Gasteiger partial charge in [-0.3, -0.25) is 14.2 Å². The Kier molecular flexibility index (Phi) is 7.29. The first-order valence-electron chi connectivity index (χ1n) is 10.3. The second-order valence-corrected chi connectivity index (χ2v) is 8.84. The van der Waals surface area contributed by atoms with Gasteiger partial charge >= 0.3 is 5.97 Å². The fourth-order valence-electron chi connectivity index (χ4n) is 3.25. The number of nitrogens with one attached hydrogen (secondary N) is 1. The number of aromatic nitrogens is 2. The fraction of sp³-hybridized carbons (Fsp3) is 0.167. The molecule has 4 aromatic rings. The van der Waals surface area contributed by atoms with E-state index in [0.29, 0.717) is 44.7 Å². The molecule has 4 rings (SSSR count). The second-order valence-electron chi connectivity index (χ2n) is 6.98. The highest BCUT2D eigenvalue weighted by Gasteiger charge is 2.18. The van der Waals surface area contributed by atoms with Crippen LogP contribution >= 0.6 is 23.1 Å². The Hall–Kier alpha value is -3.63. The van der Waals surface area contributed by atoms with Crippen LogP contribution in [-0.4, -0.2) is 40.9 Å². The molecule has 10 heteroatoms. The predicted octanol–water partition coefficient (Wildman–Crippen LogP) is 4.36. The Bertz CT molecular complexity index is 1400. The molecule has 8 nitrogen and oxygen atoms in total. The zero-order chi connectivity index (χ0) is 24.1. The van der Waals surface area contributed by atoms with Crippen LogP contribution in [0.25, 0.3) is 15.9 Å². The summed E-state index contributed by atoms with van der Waals surface area (Å²) in [6.45, 7) is 2.03. The smallest absolute Gasteiger partial charge is 0.338 e. The van der Waals surface area contributed by atoms with Gasteiger partial charge in [0.2, 0.25) is 5.91 Å². The summed E-state index contributed by atoms with van der Waals surface area (Å²) in [7, 11) is 1.54. The third-order valence-corrected chi connectivity index (χ3v) is 6.62. The number of benzene rings is 2. The number of para-hydroxylation sites is 2. The van der Waals surface area contributed by atoms with E-state index in [-0.39, 0.29) is 17.2 Å². The minimum atomic E-state index is -0.417. The van der Waals surface area contributed by atoms with Gasteiger partial charge in [-0.1, -0.05) is 23.9 Å². The van der Waals surface area contributed by atoms with E-state index in [1.54, 1.807) is 49.4 Å². The first kappa shape index (κ1) is 23.5. The van der Waals surface area contributed by atoms with Crippen molar-refractivity contribution in [3.05, 3.63) is 75.9 Å². The zero-order valence-corrected chi connectivity index (χ0v) is 20.1. The normalized spacial score (nSPS) is 10.8. The van der Waals surface area contributed by atoms with E-state index in [0.717, 1.165) is 11.8 Å². The number of fused-ring (bicyclic) bond motifs is 1. The molecule has 174 valence electrons. The number of carbonyl (C=O) groups is 2. The van der Waals surface area contributed by atoms with E-state index >= 15 is 0 Å². The van der Waals surface area contributed by atoms with Crippen molar-refractivity contribution in [2.45, 2.75) is 12.1 Å². The number of thiophene rings is 1. The first-order chi connectivity index (χ1) is 16.5. The van der Waals surface area contributed by atoms with Crippen molar-refractivity contribution < 1.29 is 19.1 Å². The Balaban J connectivity index is 1.56. The number of anilines is 1. The van der Waals surface area contributed by atoms with E-state index in [1.165, 1.54) is 23.0 Å². The van der Waals surface area contributed by atoms with E-state index in [9.17, 15) is 14.4 Å². The molecule has 0 atom stereocenters. The number of hydrogen-bond acceptors (Lipinski definition) is 8. The number of hydrogen-bond donors (Lipinski definition) is 1. The molecule has 34 heavy (non-hydrogen) atoms. The van der Waals surface area contributed by atoms with E-state index < -0.39 is 5.97 Å². The molecule has 0 aliphatic rings. The Labute approximate surface area is 203 Å². The highest BCUT2D eigenvalue weighted by molar-refractivity contribution is 7.99. The molecule has 0 spiro atoms. The summed E-state index contributed by atoms with van der Waals surface area (Å²) in [6.07, 6.45) is 0. The minimum Gasteiger partial charge on any atom is -0.495 e. The summed E-state index contributed by atoms with van der Waals surface area (Å²) < 4.78 is 12.4. The van der Waals surface area contributed by atoms with Crippen molar-refractivity contribution in [1.29, 1.82) is 0 Å². The van der Waals surface area contributed by atoms with Crippen molar-refractivity contribution in [3.63, 3.8) is 0 Å². The number of rotatable bonds is 8. The molecule has 0 aliphatic carbocycles. The van der Waals surface area contributed by atoms with Crippen molar-refractivity contribution >= 4 is 50.9 Å². The largest absolute Gasteiger partial charge is 0.495 e. The van der Waals surface area contributed by atoms with Crippen LogP contribution in [0.15, 0.2) is 69.9 Å². The van der Waals surface area contributed by atoms with Crippen LogP contribution in [0.4, 0.5) is 5.69 Å². The highest BCUT2D eigenvalue weighted by Crippen LogP contribution is 2.28. The SMILES string of the molecule is CCOC(=O)c1ccc(NC(=O)CSc2nc3ccsc3c(=O)n2-c2ccccc2OC)cc1. The lowest BCUT2D eigenvalue weighted by Gasteiger charge is -2.14. The maximum absolute atomic E-state index is 13.3. The lowest BCUT2D eigenvalue weighted by Crippen LogP contribution is -2.22. The van der Waals surface area contributed by atoms with Crippen molar-refractivity contribution in [2.24, 2.45) is 0 Å². The number of amides is 1. The molecule has 2 aromatic heterocycles. The standard InChI is InChI=1S/C24H21N3O5S2/c1-3-32-23(30)15-8-10-16(11-9-15)25-20(28)14-34-24-26-17-12-13-33-21(17)22(29)27(24)18-6-4-5-7-19(18)31-2/h4-13H,3,14H2,1-2H3,(H,25,28).